The van der Waals surface area contributed by atoms with Crippen molar-refractivity contribution >= 4 is 5.82 Å². The van der Waals surface area contributed by atoms with Gasteiger partial charge in [0.1, 0.15) is 12.1 Å². The van der Waals surface area contributed by atoms with Crippen LogP contribution in [0.25, 0.3) is 0 Å². The zero-order chi connectivity index (χ0) is 12.4. The van der Waals surface area contributed by atoms with Crippen LogP contribution in [0.3, 0.4) is 0 Å². The van der Waals surface area contributed by atoms with Crippen LogP contribution >= 0.6 is 0 Å². The first kappa shape index (κ1) is 11.9. The average molecular weight is 246 g/mol. The molecular weight excluding hydrogens is 224 g/mol. The number of likely N-dealkylation sites (N-methyl/N-ethyl adjacent to an activating group) is 1. The van der Waals surface area contributed by atoms with Crippen LogP contribution in [0, 0.1) is 0 Å². The van der Waals surface area contributed by atoms with Crippen LogP contribution in [0.2, 0.25) is 0 Å². The molecule has 0 aromatic carbocycles. The third kappa shape index (κ3) is 2.34. The first-order valence-electron chi connectivity index (χ1n) is 7.11. The smallest absolute Gasteiger partial charge is 0.132 e. The molecule has 1 saturated carbocycles. The topological polar surface area (TPSA) is 41.0 Å². The summed E-state index contributed by atoms with van der Waals surface area (Å²) in [6, 6.07) is 2.82. The second kappa shape index (κ2) is 5.22. The van der Waals surface area contributed by atoms with Gasteiger partial charge in [0.15, 0.2) is 0 Å². The molecule has 1 aromatic rings. The summed E-state index contributed by atoms with van der Waals surface area (Å²) in [5, 5.41) is 3.35. The molecule has 4 heteroatoms. The van der Waals surface area contributed by atoms with Gasteiger partial charge in [0.05, 0.1) is 0 Å². The van der Waals surface area contributed by atoms with Crippen LogP contribution in [-0.4, -0.2) is 36.1 Å². The number of nitrogens with one attached hydrogen (secondary N) is 1. The minimum atomic E-state index is 0.606. The predicted molar refractivity (Wildman–Crippen MR) is 72.9 cm³/mol. The van der Waals surface area contributed by atoms with Crippen LogP contribution in [0.4, 0.5) is 5.82 Å². The van der Waals surface area contributed by atoms with Crippen LogP contribution in [0.15, 0.2) is 12.4 Å². The monoisotopic (exact) mass is 246 g/mol. The summed E-state index contributed by atoms with van der Waals surface area (Å²) in [5.74, 6) is 1.79. The molecule has 3 rings (SSSR count). The van der Waals surface area contributed by atoms with Gasteiger partial charge in [-0.15, -0.1) is 0 Å². The Bertz CT molecular complexity index is 401. The molecule has 1 unspecified atom stereocenters. The van der Waals surface area contributed by atoms with Gasteiger partial charge in [0, 0.05) is 36.8 Å². The summed E-state index contributed by atoms with van der Waals surface area (Å²) >= 11 is 0. The SMILES string of the molecule is CNC1CCN(c2cc(C3CCCC3)ncn2)C1. The van der Waals surface area contributed by atoms with Gasteiger partial charge in [-0.25, -0.2) is 9.97 Å². The Labute approximate surface area is 109 Å². The number of hydrogen-bond acceptors (Lipinski definition) is 4. The van der Waals surface area contributed by atoms with E-state index in [0.29, 0.717) is 12.0 Å². The highest BCUT2D eigenvalue weighted by Crippen LogP contribution is 2.33. The van der Waals surface area contributed by atoms with E-state index in [0.717, 1.165) is 18.9 Å². The summed E-state index contributed by atoms with van der Waals surface area (Å²) in [5.41, 5.74) is 1.26. The molecule has 1 aromatic heterocycles. The largest absolute Gasteiger partial charge is 0.355 e. The Balaban J connectivity index is 1.74. The highest BCUT2D eigenvalue weighted by molar-refractivity contribution is 5.41. The molecule has 4 nitrogen and oxygen atoms in total. The summed E-state index contributed by atoms with van der Waals surface area (Å²) in [4.78, 5) is 11.3. The lowest BCUT2D eigenvalue weighted by Crippen LogP contribution is -2.29. The fourth-order valence-corrected chi connectivity index (χ4v) is 3.18. The molecule has 0 amide bonds. The van der Waals surface area contributed by atoms with Gasteiger partial charge in [-0.05, 0) is 26.3 Å². The molecule has 1 saturated heterocycles. The molecular formula is C14H22N4. The van der Waals surface area contributed by atoms with E-state index in [4.69, 9.17) is 0 Å². The molecule has 18 heavy (non-hydrogen) atoms. The molecule has 0 spiro atoms. The summed E-state index contributed by atoms with van der Waals surface area (Å²) in [7, 11) is 2.04. The minimum Gasteiger partial charge on any atom is -0.355 e. The van der Waals surface area contributed by atoms with Crippen molar-refractivity contribution in [2.75, 3.05) is 25.0 Å². The van der Waals surface area contributed by atoms with E-state index in [1.54, 1.807) is 6.33 Å². The second-order valence-corrected chi connectivity index (χ2v) is 5.50. The van der Waals surface area contributed by atoms with Crippen molar-refractivity contribution in [3.63, 3.8) is 0 Å². The van der Waals surface area contributed by atoms with Crippen LogP contribution < -0.4 is 10.2 Å². The van der Waals surface area contributed by atoms with Gasteiger partial charge in [0.25, 0.3) is 0 Å². The summed E-state index contributed by atoms with van der Waals surface area (Å²) < 4.78 is 0. The predicted octanol–water partition coefficient (Wildman–Crippen LogP) is 1.93. The second-order valence-electron chi connectivity index (χ2n) is 5.50. The Kier molecular flexibility index (Phi) is 3.46. The number of hydrogen-bond donors (Lipinski definition) is 1. The van der Waals surface area contributed by atoms with Crippen LogP contribution in [-0.2, 0) is 0 Å². The number of rotatable bonds is 3. The van der Waals surface area contributed by atoms with E-state index in [9.17, 15) is 0 Å². The summed E-state index contributed by atoms with van der Waals surface area (Å²) in [6.45, 7) is 2.17. The van der Waals surface area contributed by atoms with Gasteiger partial charge in [-0.3, -0.25) is 0 Å². The first-order valence-corrected chi connectivity index (χ1v) is 7.11. The van der Waals surface area contributed by atoms with E-state index in [1.807, 2.05) is 7.05 Å². The zero-order valence-corrected chi connectivity index (χ0v) is 11.1. The van der Waals surface area contributed by atoms with E-state index < -0.39 is 0 Å². The fraction of sp³-hybridized carbons (Fsp3) is 0.714. The molecule has 1 atom stereocenters. The standard InChI is InChI=1S/C14H22N4/c1-15-12-6-7-18(9-12)14-8-13(16-10-17-14)11-4-2-3-5-11/h8,10-12,15H,2-7,9H2,1H3. The lowest BCUT2D eigenvalue weighted by atomic mass is 10.0. The molecule has 1 N–H and O–H groups in total. The van der Waals surface area contributed by atoms with Crippen LogP contribution in [0.5, 0.6) is 0 Å². The zero-order valence-electron chi connectivity index (χ0n) is 11.1. The van der Waals surface area contributed by atoms with Crippen molar-refractivity contribution < 1.29 is 0 Å². The third-order valence-electron chi connectivity index (χ3n) is 4.37. The van der Waals surface area contributed by atoms with Gasteiger partial charge in [0.2, 0.25) is 0 Å². The molecule has 98 valence electrons. The number of anilines is 1. The van der Waals surface area contributed by atoms with E-state index in [1.165, 1.54) is 37.8 Å². The summed E-state index contributed by atoms with van der Waals surface area (Å²) in [6.07, 6.45) is 8.27. The van der Waals surface area contributed by atoms with Crippen molar-refractivity contribution in [2.45, 2.75) is 44.1 Å². The Morgan fingerprint density at radius 2 is 2.06 bits per heavy atom. The maximum atomic E-state index is 4.48. The molecule has 0 radical (unpaired) electrons. The van der Waals surface area contributed by atoms with Crippen LogP contribution in [0.1, 0.15) is 43.7 Å². The van der Waals surface area contributed by atoms with Crippen molar-refractivity contribution in [3.8, 4) is 0 Å². The van der Waals surface area contributed by atoms with E-state index in [2.05, 4.69) is 26.3 Å². The van der Waals surface area contributed by atoms with Crippen molar-refractivity contribution in [1.82, 2.24) is 15.3 Å². The Morgan fingerprint density at radius 1 is 1.22 bits per heavy atom. The first-order chi connectivity index (χ1) is 8.86. The van der Waals surface area contributed by atoms with Gasteiger partial charge in [-0.2, -0.15) is 0 Å². The fourth-order valence-electron chi connectivity index (χ4n) is 3.18. The Hall–Kier alpha value is -1.16. The van der Waals surface area contributed by atoms with E-state index in [-0.39, 0.29) is 0 Å². The quantitative estimate of drug-likeness (QED) is 0.885. The number of aromatic nitrogens is 2. The van der Waals surface area contributed by atoms with E-state index >= 15 is 0 Å². The molecule has 0 bridgehead atoms. The molecule has 2 heterocycles. The van der Waals surface area contributed by atoms with Crippen molar-refractivity contribution in [1.29, 1.82) is 0 Å². The molecule has 2 aliphatic rings. The van der Waals surface area contributed by atoms with Gasteiger partial charge in [-0.1, -0.05) is 12.8 Å². The highest BCUT2D eigenvalue weighted by atomic mass is 15.2. The lowest BCUT2D eigenvalue weighted by molar-refractivity contribution is 0.616. The lowest BCUT2D eigenvalue weighted by Gasteiger charge is -2.18. The van der Waals surface area contributed by atoms with Crippen molar-refractivity contribution in [2.24, 2.45) is 0 Å². The average Bonchev–Trinajstić information content (AvgIpc) is 3.10. The maximum Gasteiger partial charge on any atom is 0.132 e. The van der Waals surface area contributed by atoms with Gasteiger partial charge >= 0.3 is 0 Å². The Morgan fingerprint density at radius 3 is 2.78 bits per heavy atom. The molecule has 1 aliphatic carbocycles. The highest BCUT2D eigenvalue weighted by Gasteiger charge is 2.24. The molecule has 1 aliphatic heterocycles. The minimum absolute atomic E-state index is 0.606. The van der Waals surface area contributed by atoms with Crippen molar-refractivity contribution in [3.05, 3.63) is 18.1 Å². The third-order valence-corrected chi connectivity index (χ3v) is 4.37. The normalized spacial score (nSPS) is 24.9. The number of nitrogens with zero attached hydrogens (tertiary/aromatic N) is 3. The maximum absolute atomic E-state index is 4.48. The molecule has 2 fully saturated rings. The van der Waals surface area contributed by atoms with Gasteiger partial charge < -0.3 is 10.2 Å².